The van der Waals surface area contributed by atoms with Gasteiger partial charge < -0.3 is 0 Å². The highest BCUT2D eigenvalue weighted by atomic mass is 79.9. The fourth-order valence-corrected chi connectivity index (χ4v) is 5.41. The molecular weight excluding hydrogens is 330 g/mol. The Bertz CT molecular complexity index is 631. The molecule has 3 unspecified atom stereocenters. The van der Waals surface area contributed by atoms with Gasteiger partial charge >= 0.3 is 0 Å². The molecule has 0 aliphatic heterocycles. The Morgan fingerprint density at radius 1 is 1.15 bits per heavy atom. The van der Waals surface area contributed by atoms with E-state index in [-0.39, 0.29) is 0 Å². The van der Waals surface area contributed by atoms with Crippen molar-refractivity contribution >= 4 is 27.3 Å². The molecule has 4 rings (SSSR count). The van der Waals surface area contributed by atoms with Gasteiger partial charge in [-0.15, -0.1) is 11.3 Å². The van der Waals surface area contributed by atoms with E-state index in [2.05, 4.69) is 47.1 Å². The highest BCUT2D eigenvalue weighted by Gasteiger charge is 2.41. The van der Waals surface area contributed by atoms with Gasteiger partial charge in [0.2, 0.25) is 0 Å². The Hall–Kier alpha value is -0.670. The van der Waals surface area contributed by atoms with Crippen molar-refractivity contribution in [2.75, 3.05) is 0 Å². The second-order valence-corrected chi connectivity index (χ2v) is 8.40. The Morgan fingerprint density at radius 2 is 1.95 bits per heavy atom. The van der Waals surface area contributed by atoms with Crippen LogP contribution >= 0.6 is 27.3 Å². The van der Waals surface area contributed by atoms with E-state index in [0.29, 0.717) is 0 Å². The van der Waals surface area contributed by atoms with Crippen LogP contribution in [0, 0.1) is 18.8 Å². The van der Waals surface area contributed by atoms with E-state index in [1.807, 2.05) is 11.3 Å². The van der Waals surface area contributed by atoms with Crippen LogP contribution in [0.15, 0.2) is 28.7 Å². The van der Waals surface area contributed by atoms with Gasteiger partial charge in [-0.05, 0) is 50.2 Å². The molecule has 2 aliphatic carbocycles. The third-order valence-electron chi connectivity index (χ3n) is 4.99. The van der Waals surface area contributed by atoms with Gasteiger partial charge in [0.05, 0.1) is 10.7 Å². The number of fused-ring (bicyclic) bond motifs is 2. The Kier molecular flexibility index (Phi) is 3.23. The smallest absolute Gasteiger partial charge is 0.0969 e. The second-order valence-electron chi connectivity index (χ2n) is 6.25. The highest BCUT2D eigenvalue weighted by molar-refractivity contribution is 9.10. The largest absolute Gasteiger partial charge is 0.241 e. The van der Waals surface area contributed by atoms with Crippen LogP contribution in [0.1, 0.15) is 41.5 Å². The number of rotatable bonds is 2. The second kappa shape index (κ2) is 4.96. The minimum Gasteiger partial charge on any atom is -0.241 e. The third kappa shape index (κ3) is 2.15. The fraction of sp³-hybridized carbons (Fsp3) is 0.471. The summed E-state index contributed by atoms with van der Waals surface area (Å²) in [6, 6.07) is 8.53. The monoisotopic (exact) mass is 347 g/mol. The average molecular weight is 348 g/mol. The van der Waals surface area contributed by atoms with Crippen molar-refractivity contribution in [3.8, 4) is 11.3 Å². The van der Waals surface area contributed by atoms with Crippen LogP contribution in [0.4, 0.5) is 0 Å². The summed E-state index contributed by atoms with van der Waals surface area (Å²) in [6.45, 7) is 2.21. The molecule has 20 heavy (non-hydrogen) atoms. The minimum atomic E-state index is 0.752. The van der Waals surface area contributed by atoms with Gasteiger partial charge in [-0.1, -0.05) is 34.5 Å². The molecule has 2 saturated carbocycles. The first kappa shape index (κ1) is 13.0. The van der Waals surface area contributed by atoms with Crippen molar-refractivity contribution in [3.63, 3.8) is 0 Å². The number of aromatic nitrogens is 1. The molecule has 0 radical (unpaired) electrons. The molecule has 3 atom stereocenters. The first-order valence-corrected chi connectivity index (χ1v) is 9.05. The van der Waals surface area contributed by atoms with Crippen LogP contribution in [-0.2, 0) is 0 Å². The van der Waals surface area contributed by atoms with Crippen molar-refractivity contribution < 1.29 is 0 Å². The molecule has 104 valence electrons. The lowest BCUT2D eigenvalue weighted by atomic mass is 9.89. The number of nitrogens with zero attached hydrogens (tertiary/aromatic N) is 1. The maximum Gasteiger partial charge on any atom is 0.0969 e. The van der Waals surface area contributed by atoms with Gasteiger partial charge in [0.15, 0.2) is 0 Å². The summed E-state index contributed by atoms with van der Waals surface area (Å²) >= 11 is 5.43. The van der Waals surface area contributed by atoms with Gasteiger partial charge in [0, 0.05) is 20.8 Å². The maximum absolute atomic E-state index is 5.01. The summed E-state index contributed by atoms with van der Waals surface area (Å²) in [4.78, 5) is 6.38. The zero-order chi connectivity index (χ0) is 13.7. The van der Waals surface area contributed by atoms with E-state index < -0.39 is 0 Å². The van der Waals surface area contributed by atoms with Gasteiger partial charge in [0.1, 0.15) is 0 Å². The highest BCUT2D eigenvalue weighted by Crippen LogP contribution is 2.53. The van der Waals surface area contributed by atoms with Crippen molar-refractivity contribution in [2.45, 2.75) is 38.5 Å². The number of hydrogen-bond acceptors (Lipinski definition) is 2. The lowest BCUT2D eigenvalue weighted by molar-refractivity contribution is 0.419. The molecule has 2 bridgehead atoms. The van der Waals surface area contributed by atoms with Crippen LogP contribution in [0.25, 0.3) is 11.3 Å². The molecule has 0 amide bonds. The normalized spacial score (nSPS) is 28.2. The van der Waals surface area contributed by atoms with Crippen molar-refractivity contribution in [2.24, 2.45) is 11.8 Å². The fourth-order valence-electron chi connectivity index (χ4n) is 4.00. The predicted molar refractivity (Wildman–Crippen MR) is 88.2 cm³/mol. The molecule has 0 N–H and O–H groups in total. The van der Waals surface area contributed by atoms with E-state index in [9.17, 15) is 0 Å². The van der Waals surface area contributed by atoms with Crippen LogP contribution in [0.5, 0.6) is 0 Å². The molecule has 2 aromatic rings. The summed E-state index contributed by atoms with van der Waals surface area (Å²) < 4.78 is 1.13. The molecule has 2 fully saturated rings. The molecule has 3 heteroatoms. The van der Waals surface area contributed by atoms with E-state index in [0.717, 1.165) is 22.2 Å². The van der Waals surface area contributed by atoms with Crippen LogP contribution in [-0.4, -0.2) is 4.98 Å². The van der Waals surface area contributed by atoms with E-state index in [1.54, 1.807) is 0 Å². The summed E-state index contributed by atoms with van der Waals surface area (Å²) in [5.41, 5.74) is 2.44. The van der Waals surface area contributed by atoms with Crippen LogP contribution in [0.3, 0.4) is 0 Å². The molecule has 1 nitrogen and oxygen atoms in total. The number of benzene rings is 1. The Balaban J connectivity index is 1.67. The molecule has 0 spiro atoms. The Morgan fingerprint density at radius 3 is 2.60 bits per heavy atom. The SMILES string of the molecule is Cc1sc(C2CC3CCC2C3)nc1-c1ccc(Br)cc1. The average Bonchev–Trinajstić information content (AvgIpc) is 3.14. The third-order valence-corrected chi connectivity index (χ3v) is 6.62. The first-order chi connectivity index (χ1) is 9.70. The van der Waals surface area contributed by atoms with Gasteiger partial charge in [0.25, 0.3) is 0 Å². The van der Waals surface area contributed by atoms with E-state index >= 15 is 0 Å². The summed E-state index contributed by atoms with van der Waals surface area (Å²) in [6.07, 6.45) is 5.74. The number of hydrogen-bond donors (Lipinski definition) is 0. The number of thiazole rings is 1. The van der Waals surface area contributed by atoms with Gasteiger partial charge in [-0.2, -0.15) is 0 Å². The molecule has 1 aromatic carbocycles. The molecule has 0 saturated heterocycles. The lowest BCUT2D eigenvalue weighted by Crippen LogP contribution is -2.07. The summed E-state index contributed by atoms with van der Waals surface area (Å²) in [7, 11) is 0. The molecule has 1 aromatic heterocycles. The van der Waals surface area contributed by atoms with Gasteiger partial charge in [-0.25, -0.2) is 4.98 Å². The predicted octanol–water partition coefficient (Wildman–Crippen LogP) is 5.78. The van der Waals surface area contributed by atoms with Gasteiger partial charge in [-0.3, -0.25) is 0 Å². The standard InChI is InChI=1S/C17H18BrNS/c1-10-16(12-4-6-14(18)7-5-12)19-17(20-10)15-9-11-2-3-13(15)8-11/h4-7,11,13,15H,2-3,8-9H2,1H3. The molecular formula is C17H18BrNS. The van der Waals surface area contributed by atoms with Crippen molar-refractivity contribution in [1.29, 1.82) is 0 Å². The maximum atomic E-state index is 5.01. The van der Waals surface area contributed by atoms with E-state index in [1.165, 1.54) is 46.8 Å². The lowest BCUT2D eigenvalue weighted by Gasteiger charge is -2.18. The quantitative estimate of drug-likeness (QED) is 0.670. The molecule has 1 heterocycles. The topological polar surface area (TPSA) is 12.9 Å². The Labute approximate surface area is 132 Å². The number of aryl methyl sites for hydroxylation is 1. The number of halogens is 1. The molecule has 2 aliphatic rings. The van der Waals surface area contributed by atoms with Crippen molar-refractivity contribution in [1.82, 2.24) is 4.98 Å². The van der Waals surface area contributed by atoms with Crippen molar-refractivity contribution in [3.05, 3.63) is 38.6 Å². The summed E-state index contributed by atoms with van der Waals surface area (Å²) in [5, 5.41) is 1.40. The zero-order valence-electron chi connectivity index (χ0n) is 11.6. The van der Waals surface area contributed by atoms with Crippen LogP contribution in [0.2, 0.25) is 0 Å². The zero-order valence-corrected chi connectivity index (χ0v) is 14.0. The summed E-state index contributed by atoms with van der Waals surface area (Å²) in [5.74, 6) is 2.66. The van der Waals surface area contributed by atoms with E-state index in [4.69, 9.17) is 4.98 Å². The van der Waals surface area contributed by atoms with Crippen LogP contribution < -0.4 is 0 Å². The first-order valence-electron chi connectivity index (χ1n) is 7.44. The minimum absolute atomic E-state index is 0.752.